The zero-order valence-corrected chi connectivity index (χ0v) is 11.8. The van der Waals surface area contributed by atoms with Gasteiger partial charge in [-0.15, -0.1) is 12.4 Å². The Labute approximate surface area is 120 Å². The highest BCUT2D eigenvalue weighted by molar-refractivity contribution is 5.85. The monoisotopic (exact) mass is 280 g/mol. The molecule has 1 aromatic rings. The predicted octanol–water partition coefficient (Wildman–Crippen LogP) is 2.35. The van der Waals surface area contributed by atoms with Crippen molar-refractivity contribution in [2.24, 2.45) is 0 Å². The maximum absolute atomic E-state index is 12.1. The van der Waals surface area contributed by atoms with Crippen molar-refractivity contribution in [3.63, 3.8) is 0 Å². The highest BCUT2D eigenvalue weighted by Gasteiger charge is 2.26. The average Bonchev–Trinajstić information content (AvgIpc) is 2.93. The molecule has 0 radical (unpaired) electrons. The SMILES string of the molecule is Cl.O=C(NC1CCCc2ccccc21)[C@@H]1CCCN1. The molecule has 2 aliphatic rings. The van der Waals surface area contributed by atoms with E-state index < -0.39 is 0 Å². The van der Waals surface area contributed by atoms with Crippen LogP contribution in [0.1, 0.15) is 42.9 Å². The molecule has 0 saturated carbocycles. The Hall–Kier alpha value is -1.06. The van der Waals surface area contributed by atoms with Crippen molar-refractivity contribution in [2.45, 2.75) is 44.2 Å². The summed E-state index contributed by atoms with van der Waals surface area (Å²) in [6, 6.07) is 8.73. The van der Waals surface area contributed by atoms with Gasteiger partial charge in [0.2, 0.25) is 5.91 Å². The zero-order valence-electron chi connectivity index (χ0n) is 11.0. The molecule has 3 nitrogen and oxygen atoms in total. The Balaban J connectivity index is 0.00000133. The van der Waals surface area contributed by atoms with E-state index in [1.165, 1.54) is 17.5 Å². The van der Waals surface area contributed by atoms with Crippen LogP contribution in [0.3, 0.4) is 0 Å². The van der Waals surface area contributed by atoms with Crippen LogP contribution >= 0.6 is 12.4 Å². The quantitative estimate of drug-likeness (QED) is 0.873. The second-order valence-corrected chi connectivity index (χ2v) is 5.30. The molecule has 19 heavy (non-hydrogen) atoms. The van der Waals surface area contributed by atoms with Crippen molar-refractivity contribution in [1.82, 2.24) is 10.6 Å². The van der Waals surface area contributed by atoms with Crippen LogP contribution in [0.25, 0.3) is 0 Å². The molecule has 104 valence electrons. The van der Waals surface area contributed by atoms with E-state index in [0.29, 0.717) is 0 Å². The number of carbonyl (C=O) groups excluding carboxylic acids is 1. The Morgan fingerprint density at radius 3 is 2.84 bits per heavy atom. The van der Waals surface area contributed by atoms with Crippen LogP contribution in [0, 0.1) is 0 Å². The van der Waals surface area contributed by atoms with Crippen LogP contribution in [-0.2, 0) is 11.2 Å². The molecule has 0 spiro atoms. The lowest BCUT2D eigenvalue weighted by atomic mass is 9.87. The summed E-state index contributed by atoms with van der Waals surface area (Å²) in [6.07, 6.45) is 5.46. The van der Waals surface area contributed by atoms with Crippen molar-refractivity contribution in [2.75, 3.05) is 6.54 Å². The van der Waals surface area contributed by atoms with E-state index in [4.69, 9.17) is 0 Å². The van der Waals surface area contributed by atoms with Crippen molar-refractivity contribution in [3.05, 3.63) is 35.4 Å². The van der Waals surface area contributed by atoms with Crippen molar-refractivity contribution >= 4 is 18.3 Å². The van der Waals surface area contributed by atoms with Crippen LogP contribution in [0.15, 0.2) is 24.3 Å². The van der Waals surface area contributed by atoms with Crippen LogP contribution in [0.5, 0.6) is 0 Å². The Bertz CT molecular complexity index is 444. The van der Waals surface area contributed by atoms with Gasteiger partial charge < -0.3 is 10.6 Å². The number of fused-ring (bicyclic) bond motifs is 1. The van der Waals surface area contributed by atoms with Gasteiger partial charge in [0, 0.05) is 0 Å². The first-order valence-electron chi connectivity index (χ1n) is 6.96. The lowest BCUT2D eigenvalue weighted by molar-refractivity contribution is -0.123. The summed E-state index contributed by atoms with van der Waals surface area (Å²) in [7, 11) is 0. The van der Waals surface area contributed by atoms with Gasteiger partial charge in [-0.25, -0.2) is 0 Å². The van der Waals surface area contributed by atoms with Gasteiger partial charge in [0.1, 0.15) is 0 Å². The first-order chi connectivity index (χ1) is 8.84. The Morgan fingerprint density at radius 1 is 1.21 bits per heavy atom. The molecular weight excluding hydrogens is 260 g/mol. The van der Waals surface area contributed by atoms with Crippen molar-refractivity contribution < 1.29 is 4.79 Å². The predicted molar refractivity (Wildman–Crippen MR) is 78.5 cm³/mol. The van der Waals surface area contributed by atoms with Gasteiger partial charge in [-0.3, -0.25) is 4.79 Å². The fourth-order valence-electron chi connectivity index (χ4n) is 3.08. The molecule has 0 aromatic heterocycles. The van der Waals surface area contributed by atoms with E-state index in [0.717, 1.165) is 32.2 Å². The maximum atomic E-state index is 12.1. The summed E-state index contributed by atoms with van der Waals surface area (Å²) in [4.78, 5) is 12.1. The molecule has 4 heteroatoms. The Morgan fingerprint density at radius 2 is 2.05 bits per heavy atom. The molecule has 1 amide bonds. The van der Waals surface area contributed by atoms with E-state index >= 15 is 0 Å². The standard InChI is InChI=1S/C15H20N2O.ClH/c18-15(14-9-4-10-16-14)17-13-8-3-6-11-5-1-2-7-12(11)13;/h1-2,5,7,13-14,16H,3-4,6,8-10H2,(H,17,18);1H/t13?,14-;/m0./s1. The van der Waals surface area contributed by atoms with Crippen molar-refractivity contribution in [3.8, 4) is 0 Å². The maximum Gasteiger partial charge on any atom is 0.237 e. The van der Waals surface area contributed by atoms with Gasteiger partial charge in [-0.1, -0.05) is 24.3 Å². The molecular formula is C15H21ClN2O. The second kappa shape index (κ2) is 6.40. The number of nitrogens with one attached hydrogen (secondary N) is 2. The zero-order chi connectivity index (χ0) is 12.4. The second-order valence-electron chi connectivity index (χ2n) is 5.30. The van der Waals surface area contributed by atoms with Gasteiger partial charge in [0.15, 0.2) is 0 Å². The van der Waals surface area contributed by atoms with Gasteiger partial charge in [-0.2, -0.15) is 0 Å². The molecule has 1 heterocycles. The molecule has 1 aliphatic carbocycles. The molecule has 1 fully saturated rings. The summed E-state index contributed by atoms with van der Waals surface area (Å²) in [5.74, 6) is 0.175. The molecule has 1 aromatic carbocycles. The molecule has 2 N–H and O–H groups in total. The van der Waals surface area contributed by atoms with Crippen LogP contribution in [-0.4, -0.2) is 18.5 Å². The molecule has 1 saturated heterocycles. The number of carbonyl (C=O) groups is 1. The number of amides is 1. The number of hydrogen-bond acceptors (Lipinski definition) is 2. The van der Waals surface area contributed by atoms with Crippen LogP contribution in [0.2, 0.25) is 0 Å². The van der Waals surface area contributed by atoms with E-state index in [2.05, 4.69) is 34.9 Å². The van der Waals surface area contributed by atoms with Gasteiger partial charge in [-0.05, 0) is 49.8 Å². The van der Waals surface area contributed by atoms with Crippen molar-refractivity contribution in [1.29, 1.82) is 0 Å². The molecule has 0 bridgehead atoms. The minimum atomic E-state index is 0. The summed E-state index contributed by atoms with van der Waals surface area (Å²) in [5, 5.41) is 6.47. The first-order valence-corrected chi connectivity index (χ1v) is 6.96. The van der Waals surface area contributed by atoms with Crippen LogP contribution in [0.4, 0.5) is 0 Å². The third-order valence-electron chi connectivity index (χ3n) is 4.06. The number of hydrogen-bond donors (Lipinski definition) is 2. The first kappa shape index (κ1) is 14.4. The summed E-state index contributed by atoms with van der Waals surface area (Å²) >= 11 is 0. The normalized spacial score (nSPS) is 25.3. The number of aryl methyl sites for hydroxylation is 1. The highest BCUT2D eigenvalue weighted by atomic mass is 35.5. The van der Waals surface area contributed by atoms with Gasteiger partial charge in [0.05, 0.1) is 12.1 Å². The molecule has 1 unspecified atom stereocenters. The average molecular weight is 281 g/mol. The Kier molecular flexibility index (Phi) is 4.83. The smallest absolute Gasteiger partial charge is 0.237 e. The van der Waals surface area contributed by atoms with Gasteiger partial charge in [0.25, 0.3) is 0 Å². The lowest BCUT2D eigenvalue weighted by Crippen LogP contribution is -2.42. The summed E-state index contributed by atoms with van der Waals surface area (Å²) < 4.78 is 0. The highest BCUT2D eigenvalue weighted by Crippen LogP contribution is 2.29. The minimum Gasteiger partial charge on any atom is -0.348 e. The lowest BCUT2D eigenvalue weighted by Gasteiger charge is -2.27. The summed E-state index contributed by atoms with van der Waals surface area (Å²) in [5.41, 5.74) is 2.71. The molecule has 1 aliphatic heterocycles. The van der Waals surface area contributed by atoms with Gasteiger partial charge >= 0.3 is 0 Å². The topological polar surface area (TPSA) is 41.1 Å². The van der Waals surface area contributed by atoms with Crippen LogP contribution < -0.4 is 10.6 Å². The third kappa shape index (κ3) is 3.10. The minimum absolute atomic E-state index is 0. The number of benzene rings is 1. The van der Waals surface area contributed by atoms with E-state index in [1.807, 2.05) is 0 Å². The molecule has 2 atom stereocenters. The van der Waals surface area contributed by atoms with E-state index in [-0.39, 0.29) is 30.4 Å². The number of rotatable bonds is 2. The third-order valence-corrected chi connectivity index (χ3v) is 4.06. The van der Waals surface area contributed by atoms with E-state index in [1.54, 1.807) is 0 Å². The largest absolute Gasteiger partial charge is 0.348 e. The molecule has 3 rings (SSSR count). The van der Waals surface area contributed by atoms with E-state index in [9.17, 15) is 4.79 Å². The number of halogens is 1. The summed E-state index contributed by atoms with van der Waals surface area (Å²) in [6.45, 7) is 0.972. The fraction of sp³-hybridized carbons (Fsp3) is 0.533. The fourth-order valence-corrected chi connectivity index (χ4v) is 3.08.